The van der Waals surface area contributed by atoms with Gasteiger partial charge in [0.15, 0.2) is 0 Å². The lowest BCUT2D eigenvalue weighted by atomic mass is 10.2. The molecule has 1 aromatic rings. The molecule has 3 heteroatoms. The zero-order valence-electron chi connectivity index (χ0n) is 11.4. The molecule has 1 nitrogen and oxygen atoms in total. The van der Waals surface area contributed by atoms with Crippen LogP contribution in [0.4, 0.5) is 0 Å². The van der Waals surface area contributed by atoms with Crippen molar-refractivity contribution in [2.75, 3.05) is 12.3 Å². The molecule has 1 N–H and O–H groups in total. The van der Waals surface area contributed by atoms with Crippen LogP contribution in [0.25, 0.3) is 0 Å². The highest BCUT2D eigenvalue weighted by Gasteiger charge is 2.05. The number of hydrogen-bond acceptors (Lipinski definition) is 2. The number of rotatable bonds is 7. The molecule has 0 amide bonds. The molecule has 18 heavy (non-hydrogen) atoms. The van der Waals surface area contributed by atoms with E-state index in [1.807, 2.05) is 30.0 Å². The van der Waals surface area contributed by atoms with Gasteiger partial charge in [0.2, 0.25) is 0 Å². The van der Waals surface area contributed by atoms with Gasteiger partial charge in [-0.25, -0.2) is 0 Å². The molecule has 0 aliphatic carbocycles. The maximum atomic E-state index is 5.99. The van der Waals surface area contributed by atoms with Crippen LogP contribution in [0.1, 0.15) is 27.2 Å². The van der Waals surface area contributed by atoms with Crippen LogP contribution < -0.4 is 5.32 Å². The topological polar surface area (TPSA) is 12.0 Å². The van der Waals surface area contributed by atoms with E-state index in [2.05, 4.69) is 38.2 Å². The zero-order valence-corrected chi connectivity index (χ0v) is 12.9. The van der Waals surface area contributed by atoms with Crippen LogP contribution in [0.3, 0.4) is 0 Å². The van der Waals surface area contributed by atoms with E-state index in [4.69, 9.17) is 11.6 Å². The third-order valence-corrected chi connectivity index (χ3v) is 3.76. The second kappa shape index (κ2) is 8.63. The van der Waals surface area contributed by atoms with Gasteiger partial charge in [-0.3, -0.25) is 0 Å². The number of halogens is 1. The second-order valence-corrected chi connectivity index (χ2v) is 6.10. The standard InChI is InChI=1S/C15H22ClNS/c1-4-8-17-14(9-12(2)3)11-18-15-7-5-6-13(16)10-15/h5-7,9-10,14,17H,4,8,11H2,1-3H3. The lowest BCUT2D eigenvalue weighted by Gasteiger charge is -2.15. The Bertz CT molecular complexity index is 386. The van der Waals surface area contributed by atoms with Crippen molar-refractivity contribution in [1.29, 1.82) is 0 Å². The van der Waals surface area contributed by atoms with Gasteiger partial charge < -0.3 is 5.32 Å². The summed E-state index contributed by atoms with van der Waals surface area (Å²) < 4.78 is 0. The Labute approximate surface area is 120 Å². The van der Waals surface area contributed by atoms with E-state index in [1.165, 1.54) is 10.5 Å². The lowest BCUT2D eigenvalue weighted by molar-refractivity contribution is 0.627. The van der Waals surface area contributed by atoms with Gasteiger partial charge in [-0.2, -0.15) is 0 Å². The molecule has 0 heterocycles. The number of nitrogens with one attached hydrogen (secondary N) is 1. The molecule has 1 aromatic carbocycles. The third kappa shape index (κ3) is 6.48. The highest BCUT2D eigenvalue weighted by molar-refractivity contribution is 7.99. The van der Waals surface area contributed by atoms with Gasteiger partial charge in [0.25, 0.3) is 0 Å². The van der Waals surface area contributed by atoms with Gasteiger partial charge in [-0.05, 0) is 45.0 Å². The summed E-state index contributed by atoms with van der Waals surface area (Å²) in [4.78, 5) is 1.23. The lowest BCUT2D eigenvalue weighted by Crippen LogP contribution is -2.30. The van der Waals surface area contributed by atoms with E-state index >= 15 is 0 Å². The fraction of sp³-hybridized carbons (Fsp3) is 0.467. The number of thioether (sulfide) groups is 1. The highest BCUT2D eigenvalue weighted by Crippen LogP contribution is 2.22. The van der Waals surface area contributed by atoms with Crippen LogP contribution in [0, 0.1) is 0 Å². The van der Waals surface area contributed by atoms with Crippen molar-refractivity contribution < 1.29 is 0 Å². The maximum absolute atomic E-state index is 5.99. The summed E-state index contributed by atoms with van der Waals surface area (Å²) in [6.45, 7) is 7.54. The average molecular weight is 284 g/mol. The minimum Gasteiger partial charge on any atom is -0.310 e. The second-order valence-electron chi connectivity index (χ2n) is 4.57. The summed E-state index contributed by atoms with van der Waals surface area (Å²) in [5.41, 5.74) is 1.36. The predicted octanol–water partition coefficient (Wildman–Crippen LogP) is 4.77. The molecular formula is C15H22ClNS. The van der Waals surface area contributed by atoms with Crippen LogP contribution in [0.5, 0.6) is 0 Å². The Morgan fingerprint density at radius 3 is 2.83 bits per heavy atom. The third-order valence-electron chi connectivity index (χ3n) is 2.42. The molecule has 0 aromatic heterocycles. The molecule has 0 spiro atoms. The van der Waals surface area contributed by atoms with Gasteiger partial charge in [0, 0.05) is 21.7 Å². The zero-order chi connectivity index (χ0) is 13.4. The molecule has 0 bridgehead atoms. The van der Waals surface area contributed by atoms with Gasteiger partial charge in [-0.1, -0.05) is 36.2 Å². The first kappa shape index (κ1) is 15.6. The van der Waals surface area contributed by atoms with Gasteiger partial charge >= 0.3 is 0 Å². The molecule has 1 rings (SSSR count). The van der Waals surface area contributed by atoms with Crippen molar-refractivity contribution in [2.24, 2.45) is 0 Å². The van der Waals surface area contributed by atoms with Gasteiger partial charge in [0.1, 0.15) is 0 Å². The summed E-state index contributed by atoms with van der Waals surface area (Å²) in [6, 6.07) is 8.47. The molecule has 0 aliphatic heterocycles. The summed E-state index contributed by atoms with van der Waals surface area (Å²) in [6.07, 6.45) is 3.46. The van der Waals surface area contributed by atoms with E-state index in [0.29, 0.717) is 6.04 Å². The van der Waals surface area contributed by atoms with Gasteiger partial charge in [0.05, 0.1) is 0 Å². The Morgan fingerprint density at radius 1 is 1.44 bits per heavy atom. The molecule has 0 radical (unpaired) electrons. The van der Waals surface area contributed by atoms with E-state index in [1.54, 1.807) is 0 Å². The summed E-state index contributed by atoms with van der Waals surface area (Å²) in [5.74, 6) is 1.03. The first-order valence-electron chi connectivity index (χ1n) is 6.38. The molecular weight excluding hydrogens is 262 g/mol. The Kier molecular flexibility index (Phi) is 7.48. The van der Waals surface area contributed by atoms with Crippen LogP contribution in [-0.2, 0) is 0 Å². The number of benzene rings is 1. The van der Waals surface area contributed by atoms with E-state index < -0.39 is 0 Å². The molecule has 0 saturated heterocycles. The largest absolute Gasteiger partial charge is 0.310 e. The first-order chi connectivity index (χ1) is 8.61. The van der Waals surface area contributed by atoms with Crippen LogP contribution in [-0.4, -0.2) is 18.3 Å². The van der Waals surface area contributed by atoms with Crippen molar-refractivity contribution in [1.82, 2.24) is 5.32 Å². The minimum absolute atomic E-state index is 0.430. The summed E-state index contributed by atoms with van der Waals surface area (Å²) in [7, 11) is 0. The van der Waals surface area contributed by atoms with Gasteiger partial charge in [-0.15, -0.1) is 11.8 Å². The first-order valence-corrected chi connectivity index (χ1v) is 7.75. The quantitative estimate of drug-likeness (QED) is 0.572. The molecule has 1 unspecified atom stereocenters. The van der Waals surface area contributed by atoms with Crippen molar-refractivity contribution in [3.63, 3.8) is 0 Å². The fourth-order valence-corrected chi connectivity index (χ4v) is 2.87. The maximum Gasteiger partial charge on any atom is 0.0417 e. The highest BCUT2D eigenvalue weighted by atomic mass is 35.5. The molecule has 0 fully saturated rings. The minimum atomic E-state index is 0.430. The van der Waals surface area contributed by atoms with Crippen molar-refractivity contribution in [3.8, 4) is 0 Å². The molecule has 0 saturated carbocycles. The van der Waals surface area contributed by atoms with Crippen LogP contribution >= 0.6 is 23.4 Å². The van der Waals surface area contributed by atoms with Crippen molar-refractivity contribution in [3.05, 3.63) is 40.9 Å². The number of hydrogen-bond donors (Lipinski definition) is 1. The smallest absolute Gasteiger partial charge is 0.0417 e. The number of allylic oxidation sites excluding steroid dienone is 1. The molecule has 0 aliphatic rings. The summed E-state index contributed by atoms with van der Waals surface area (Å²) in [5, 5.41) is 4.36. The normalized spacial score (nSPS) is 12.2. The molecule has 100 valence electrons. The van der Waals surface area contributed by atoms with Crippen molar-refractivity contribution >= 4 is 23.4 Å². The predicted molar refractivity (Wildman–Crippen MR) is 83.7 cm³/mol. The van der Waals surface area contributed by atoms with Crippen LogP contribution in [0.2, 0.25) is 5.02 Å². The van der Waals surface area contributed by atoms with E-state index in [0.717, 1.165) is 23.7 Å². The Hall–Kier alpha value is -0.440. The fourth-order valence-electron chi connectivity index (χ4n) is 1.64. The van der Waals surface area contributed by atoms with E-state index in [-0.39, 0.29) is 0 Å². The van der Waals surface area contributed by atoms with E-state index in [9.17, 15) is 0 Å². The molecule has 1 atom stereocenters. The summed E-state index contributed by atoms with van der Waals surface area (Å²) >= 11 is 7.83. The monoisotopic (exact) mass is 283 g/mol. The van der Waals surface area contributed by atoms with Crippen molar-refractivity contribution in [2.45, 2.75) is 38.1 Å². The Morgan fingerprint density at radius 2 is 2.22 bits per heavy atom. The Balaban J connectivity index is 2.53. The van der Waals surface area contributed by atoms with Crippen LogP contribution in [0.15, 0.2) is 40.8 Å². The SMILES string of the molecule is CCCNC(C=C(C)C)CSc1cccc(Cl)c1. The average Bonchev–Trinajstić information content (AvgIpc) is 2.32.